The van der Waals surface area contributed by atoms with Crippen LogP contribution < -0.4 is 22.9 Å². The summed E-state index contributed by atoms with van der Waals surface area (Å²) in [6, 6.07) is 0. The number of hydrogen-bond acceptors (Lipinski definition) is 4. The summed E-state index contributed by atoms with van der Waals surface area (Å²) in [6.07, 6.45) is 12.2. The SMILES string of the molecule is CC(C)(CN)CCCCCCN.CCCCCC(C)(C)CC(N)N. The van der Waals surface area contributed by atoms with E-state index in [1.165, 1.54) is 57.8 Å². The monoisotopic (exact) mass is 344 g/mol. The molecule has 0 fully saturated rings. The molecule has 24 heavy (non-hydrogen) atoms. The van der Waals surface area contributed by atoms with Gasteiger partial charge in [0.2, 0.25) is 0 Å². The van der Waals surface area contributed by atoms with E-state index >= 15 is 0 Å². The normalized spacial score (nSPS) is 12.2. The highest BCUT2D eigenvalue weighted by atomic mass is 14.8. The molecule has 0 aliphatic heterocycles. The minimum Gasteiger partial charge on any atom is -0.330 e. The van der Waals surface area contributed by atoms with Crippen molar-refractivity contribution in [3.8, 4) is 0 Å². The van der Waals surface area contributed by atoms with Gasteiger partial charge in [-0.05, 0) is 49.6 Å². The van der Waals surface area contributed by atoms with Crippen molar-refractivity contribution in [2.45, 2.75) is 105 Å². The fraction of sp³-hybridized carbons (Fsp3) is 1.00. The molecule has 0 radical (unpaired) electrons. The molecule has 0 heterocycles. The minimum atomic E-state index is -0.151. The average Bonchev–Trinajstić information content (AvgIpc) is 2.46. The molecule has 0 aromatic heterocycles. The third-order valence-electron chi connectivity index (χ3n) is 4.61. The second-order valence-corrected chi connectivity index (χ2v) is 8.81. The predicted octanol–water partition coefficient (Wildman–Crippen LogP) is 4.11. The van der Waals surface area contributed by atoms with Crippen LogP contribution >= 0.6 is 0 Å². The van der Waals surface area contributed by atoms with Crippen LogP contribution in [0.15, 0.2) is 0 Å². The quantitative estimate of drug-likeness (QED) is 0.298. The molecule has 8 N–H and O–H groups in total. The fourth-order valence-corrected chi connectivity index (χ4v) is 2.80. The average molecular weight is 345 g/mol. The lowest BCUT2D eigenvalue weighted by molar-refractivity contribution is 0.273. The summed E-state index contributed by atoms with van der Waals surface area (Å²) >= 11 is 0. The number of nitrogens with two attached hydrogens (primary N) is 4. The first-order chi connectivity index (χ1) is 11.1. The van der Waals surface area contributed by atoms with E-state index in [4.69, 9.17) is 22.9 Å². The smallest absolute Gasteiger partial charge is 0.0526 e. The Morgan fingerprint density at radius 1 is 0.708 bits per heavy atom. The van der Waals surface area contributed by atoms with Crippen molar-refractivity contribution in [1.29, 1.82) is 0 Å². The highest BCUT2D eigenvalue weighted by Gasteiger charge is 2.18. The van der Waals surface area contributed by atoms with Gasteiger partial charge in [0.15, 0.2) is 0 Å². The Morgan fingerprint density at radius 2 is 1.21 bits per heavy atom. The molecule has 0 aromatic rings. The van der Waals surface area contributed by atoms with Gasteiger partial charge in [-0.25, -0.2) is 0 Å². The zero-order chi connectivity index (χ0) is 19.1. The van der Waals surface area contributed by atoms with Gasteiger partial charge in [0.1, 0.15) is 0 Å². The fourth-order valence-electron chi connectivity index (χ4n) is 2.80. The number of hydrogen-bond donors (Lipinski definition) is 4. The Balaban J connectivity index is 0. The molecule has 0 bridgehead atoms. The molecule has 0 saturated carbocycles. The first-order valence-electron chi connectivity index (χ1n) is 10.0. The third kappa shape index (κ3) is 19.9. The van der Waals surface area contributed by atoms with Gasteiger partial charge >= 0.3 is 0 Å². The summed E-state index contributed by atoms with van der Waals surface area (Å²) in [4.78, 5) is 0. The largest absolute Gasteiger partial charge is 0.330 e. The maximum Gasteiger partial charge on any atom is 0.0526 e. The molecule has 0 saturated heterocycles. The highest BCUT2D eigenvalue weighted by Crippen LogP contribution is 2.27. The molecule has 0 atom stereocenters. The van der Waals surface area contributed by atoms with Crippen LogP contribution in [-0.4, -0.2) is 19.3 Å². The van der Waals surface area contributed by atoms with Gasteiger partial charge in [-0.2, -0.15) is 0 Å². The van der Waals surface area contributed by atoms with Crippen LogP contribution in [-0.2, 0) is 0 Å². The van der Waals surface area contributed by atoms with Crippen LogP contribution in [0.25, 0.3) is 0 Å². The van der Waals surface area contributed by atoms with Gasteiger partial charge in [0.05, 0.1) is 6.17 Å². The van der Waals surface area contributed by atoms with Gasteiger partial charge in [0, 0.05) is 0 Å². The molecule has 0 aromatic carbocycles. The maximum absolute atomic E-state index is 5.63. The molecule has 0 unspecified atom stereocenters. The molecule has 0 spiro atoms. The molecular formula is C20H48N4. The number of unbranched alkanes of at least 4 members (excludes halogenated alkanes) is 5. The standard InChI is InChI=1S/2C10H24N2/c1-10(2,9-12)7-5-3-4-6-8-11;1-4-5-6-7-10(2,3)8-9(11)12/h3-9,11-12H2,1-2H3;9H,4-8,11-12H2,1-3H3. The zero-order valence-electron chi connectivity index (χ0n) is 17.4. The van der Waals surface area contributed by atoms with Gasteiger partial charge in [-0.15, -0.1) is 0 Å². The Labute approximate surface area is 152 Å². The third-order valence-corrected chi connectivity index (χ3v) is 4.61. The van der Waals surface area contributed by atoms with Gasteiger partial charge in [0.25, 0.3) is 0 Å². The van der Waals surface area contributed by atoms with E-state index in [1.54, 1.807) is 0 Å². The molecule has 0 rings (SSSR count). The summed E-state index contributed by atoms with van der Waals surface area (Å²) in [7, 11) is 0. The first-order valence-corrected chi connectivity index (χ1v) is 10.0. The molecule has 148 valence electrons. The van der Waals surface area contributed by atoms with Crippen LogP contribution in [0.4, 0.5) is 0 Å². The van der Waals surface area contributed by atoms with E-state index in [2.05, 4.69) is 34.6 Å². The van der Waals surface area contributed by atoms with Crippen molar-refractivity contribution in [3.63, 3.8) is 0 Å². The van der Waals surface area contributed by atoms with E-state index in [0.717, 1.165) is 19.5 Å². The second kappa shape index (κ2) is 15.1. The van der Waals surface area contributed by atoms with Crippen molar-refractivity contribution < 1.29 is 0 Å². The van der Waals surface area contributed by atoms with Crippen molar-refractivity contribution in [3.05, 3.63) is 0 Å². The predicted molar refractivity (Wildman–Crippen MR) is 110 cm³/mol. The lowest BCUT2D eigenvalue weighted by Gasteiger charge is -2.26. The lowest BCUT2D eigenvalue weighted by atomic mass is 9.83. The van der Waals surface area contributed by atoms with Crippen molar-refractivity contribution >= 4 is 0 Å². The number of rotatable bonds is 13. The van der Waals surface area contributed by atoms with Crippen molar-refractivity contribution in [2.75, 3.05) is 13.1 Å². The van der Waals surface area contributed by atoms with Gasteiger partial charge in [-0.1, -0.05) is 73.1 Å². The van der Waals surface area contributed by atoms with Crippen molar-refractivity contribution in [1.82, 2.24) is 0 Å². The van der Waals surface area contributed by atoms with E-state index < -0.39 is 0 Å². The lowest BCUT2D eigenvalue weighted by Crippen LogP contribution is -2.35. The Morgan fingerprint density at radius 3 is 1.67 bits per heavy atom. The summed E-state index contributed by atoms with van der Waals surface area (Å²) in [5.41, 5.74) is 22.8. The first kappa shape index (κ1) is 26.1. The molecular weight excluding hydrogens is 296 g/mol. The second-order valence-electron chi connectivity index (χ2n) is 8.81. The summed E-state index contributed by atoms with van der Waals surface area (Å²) in [6.45, 7) is 12.8. The van der Waals surface area contributed by atoms with Crippen LogP contribution in [0, 0.1) is 10.8 Å². The minimum absolute atomic E-state index is 0.151. The van der Waals surface area contributed by atoms with E-state index in [1.807, 2.05) is 0 Å². The topological polar surface area (TPSA) is 104 Å². The molecule has 0 aliphatic carbocycles. The van der Waals surface area contributed by atoms with Crippen LogP contribution in [0.2, 0.25) is 0 Å². The maximum atomic E-state index is 5.63. The molecule has 4 nitrogen and oxygen atoms in total. The summed E-state index contributed by atoms with van der Waals surface area (Å²) < 4.78 is 0. The van der Waals surface area contributed by atoms with Crippen molar-refractivity contribution in [2.24, 2.45) is 33.8 Å². The van der Waals surface area contributed by atoms with Crippen LogP contribution in [0.3, 0.4) is 0 Å². The van der Waals surface area contributed by atoms with E-state index in [0.29, 0.717) is 10.8 Å². The van der Waals surface area contributed by atoms with E-state index in [-0.39, 0.29) is 6.17 Å². The Bertz CT molecular complexity index is 262. The molecule has 4 heteroatoms. The van der Waals surface area contributed by atoms with Gasteiger partial charge in [-0.3, -0.25) is 0 Å². The van der Waals surface area contributed by atoms with E-state index in [9.17, 15) is 0 Å². The summed E-state index contributed by atoms with van der Waals surface area (Å²) in [5, 5.41) is 0. The summed E-state index contributed by atoms with van der Waals surface area (Å²) in [5.74, 6) is 0. The van der Waals surface area contributed by atoms with Crippen LogP contribution in [0.1, 0.15) is 98.8 Å². The highest BCUT2D eigenvalue weighted by molar-refractivity contribution is 4.72. The van der Waals surface area contributed by atoms with Gasteiger partial charge < -0.3 is 22.9 Å². The molecule has 0 amide bonds. The molecule has 0 aliphatic rings. The van der Waals surface area contributed by atoms with Crippen LogP contribution in [0.5, 0.6) is 0 Å². The zero-order valence-corrected chi connectivity index (χ0v) is 17.4. The Kier molecular flexibility index (Phi) is 16.4. The Hall–Kier alpha value is -0.160.